The first-order valence-electron chi connectivity index (χ1n) is 6.95. The summed E-state index contributed by atoms with van der Waals surface area (Å²) in [5.74, 6) is 0.291. The molecule has 1 fully saturated rings. The van der Waals surface area contributed by atoms with Crippen molar-refractivity contribution in [2.75, 3.05) is 6.54 Å². The minimum absolute atomic E-state index is 0.291. The summed E-state index contributed by atoms with van der Waals surface area (Å²) in [5, 5.41) is 11.9. The molecule has 0 bridgehead atoms. The molecule has 1 aliphatic rings. The molecule has 19 heavy (non-hydrogen) atoms. The number of aryl methyl sites for hydroxylation is 1. The Labute approximate surface area is 114 Å². The van der Waals surface area contributed by atoms with Crippen LogP contribution in [0.25, 0.3) is 0 Å². The van der Waals surface area contributed by atoms with Gasteiger partial charge in [0.2, 0.25) is 0 Å². The molecule has 0 saturated heterocycles. The van der Waals surface area contributed by atoms with E-state index >= 15 is 0 Å². The molecule has 4 nitrogen and oxygen atoms in total. The van der Waals surface area contributed by atoms with Gasteiger partial charge in [0.15, 0.2) is 5.84 Å². The van der Waals surface area contributed by atoms with Crippen LogP contribution in [0.15, 0.2) is 29.4 Å². The Morgan fingerprint density at radius 1 is 1.32 bits per heavy atom. The van der Waals surface area contributed by atoms with E-state index in [1.165, 1.54) is 36.8 Å². The SMILES string of the molecule is Cc1ccc(CN(CC(N)=NO)C2CCCC2)cc1. The Kier molecular flexibility index (Phi) is 4.80. The molecule has 0 aliphatic heterocycles. The van der Waals surface area contributed by atoms with Crippen LogP contribution >= 0.6 is 0 Å². The van der Waals surface area contributed by atoms with E-state index < -0.39 is 0 Å². The summed E-state index contributed by atoms with van der Waals surface area (Å²) in [6.07, 6.45) is 4.99. The topological polar surface area (TPSA) is 61.8 Å². The molecule has 3 N–H and O–H groups in total. The molecule has 1 saturated carbocycles. The lowest BCUT2D eigenvalue weighted by Crippen LogP contribution is -2.39. The quantitative estimate of drug-likeness (QED) is 0.370. The van der Waals surface area contributed by atoms with E-state index in [1.54, 1.807) is 0 Å². The molecule has 2 rings (SSSR count). The summed E-state index contributed by atoms with van der Waals surface area (Å²) in [7, 11) is 0. The maximum atomic E-state index is 8.77. The molecule has 4 heteroatoms. The number of hydrogen-bond acceptors (Lipinski definition) is 3. The molecule has 1 aromatic rings. The number of oxime groups is 1. The van der Waals surface area contributed by atoms with Crippen molar-refractivity contribution in [1.82, 2.24) is 4.90 Å². The van der Waals surface area contributed by atoms with Crippen molar-refractivity contribution < 1.29 is 5.21 Å². The fraction of sp³-hybridized carbons (Fsp3) is 0.533. The number of hydrogen-bond donors (Lipinski definition) is 2. The van der Waals surface area contributed by atoms with Crippen LogP contribution in [0.3, 0.4) is 0 Å². The van der Waals surface area contributed by atoms with Gasteiger partial charge in [0.25, 0.3) is 0 Å². The number of nitrogens with two attached hydrogens (primary N) is 1. The third-order valence-corrected chi connectivity index (χ3v) is 3.84. The summed E-state index contributed by atoms with van der Waals surface area (Å²) in [6, 6.07) is 9.13. The molecule has 1 aliphatic carbocycles. The molecule has 0 atom stereocenters. The van der Waals surface area contributed by atoms with Crippen molar-refractivity contribution in [3.8, 4) is 0 Å². The molecule has 0 heterocycles. The predicted octanol–water partition coefficient (Wildman–Crippen LogP) is 2.49. The van der Waals surface area contributed by atoms with Crippen LogP contribution in [0.1, 0.15) is 36.8 Å². The number of nitrogens with zero attached hydrogens (tertiary/aromatic N) is 2. The Balaban J connectivity index is 2.05. The average Bonchev–Trinajstić information content (AvgIpc) is 2.94. The predicted molar refractivity (Wildman–Crippen MR) is 77.3 cm³/mol. The monoisotopic (exact) mass is 261 g/mol. The van der Waals surface area contributed by atoms with Crippen LogP contribution in [-0.4, -0.2) is 28.5 Å². The van der Waals surface area contributed by atoms with Crippen LogP contribution in [-0.2, 0) is 6.54 Å². The summed E-state index contributed by atoms with van der Waals surface area (Å²) >= 11 is 0. The molecule has 0 radical (unpaired) electrons. The molecular weight excluding hydrogens is 238 g/mol. The fourth-order valence-corrected chi connectivity index (χ4v) is 2.75. The van der Waals surface area contributed by atoms with Gasteiger partial charge in [-0.2, -0.15) is 0 Å². The van der Waals surface area contributed by atoms with Crippen molar-refractivity contribution in [2.45, 2.75) is 45.2 Å². The van der Waals surface area contributed by atoms with Gasteiger partial charge in [0.1, 0.15) is 0 Å². The van der Waals surface area contributed by atoms with E-state index in [1.807, 2.05) is 0 Å². The zero-order valence-corrected chi connectivity index (χ0v) is 11.5. The highest BCUT2D eigenvalue weighted by atomic mass is 16.4. The second-order valence-electron chi connectivity index (χ2n) is 5.42. The number of benzene rings is 1. The van der Waals surface area contributed by atoms with E-state index in [4.69, 9.17) is 10.9 Å². The summed E-state index contributed by atoms with van der Waals surface area (Å²) < 4.78 is 0. The molecule has 104 valence electrons. The van der Waals surface area contributed by atoms with E-state index in [0.29, 0.717) is 18.4 Å². The summed E-state index contributed by atoms with van der Waals surface area (Å²) in [4.78, 5) is 2.33. The van der Waals surface area contributed by atoms with Crippen LogP contribution in [0, 0.1) is 6.92 Å². The van der Waals surface area contributed by atoms with E-state index in [0.717, 1.165) is 6.54 Å². The van der Waals surface area contributed by atoms with Gasteiger partial charge in [0.05, 0.1) is 6.54 Å². The standard InChI is InChI=1S/C15H23N3O/c1-12-6-8-13(9-7-12)10-18(11-15(16)17-19)14-4-2-3-5-14/h6-9,14,19H,2-5,10-11H2,1H3,(H2,16,17). The molecule has 0 amide bonds. The number of rotatable bonds is 5. The highest BCUT2D eigenvalue weighted by molar-refractivity contribution is 5.81. The lowest BCUT2D eigenvalue weighted by atomic mass is 10.1. The molecule has 0 spiro atoms. The zero-order valence-electron chi connectivity index (χ0n) is 11.5. The van der Waals surface area contributed by atoms with Gasteiger partial charge in [-0.3, -0.25) is 4.90 Å². The van der Waals surface area contributed by atoms with Crippen molar-refractivity contribution >= 4 is 5.84 Å². The van der Waals surface area contributed by atoms with Crippen LogP contribution in [0.5, 0.6) is 0 Å². The average molecular weight is 261 g/mol. The first-order valence-corrected chi connectivity index (χ1v) is 6.95. The van der Waals surface area contributed by atoms with E-state index in [9.17, 15) is 0 Å². The highest BCUT2D eigenvalue weighted by Crippen LogP contribution is 2.24. The highest BCUT2D eigenvalue weighted by Gasteiger charge is 2.23. The smallest absolute Gasteiger partial charge is 0.153 e. The molecule has 0 unspecified atom stereocenters. The van der Waals surface area contributed by atoms with Crippen LogP contribution < -0.4 is 5.73 Å². The van der Waals surface area contributed by atoms with Gasteiger partial charge in [-0.25, -0.2) is 0 Å². The second-order valence-corrected chi connectivity index (χ2v) is 5.42. The normalized spacial score (nSPS) is 17.3. The third kappa shape index (κ3) is 3.96. The van der Waals surface area contributed by atoms with Gasteiger partial charge < -0.3 is 10.9 Å². The minimum atomic E-state index is 0.291. The molecular formula is C15H23N3O. The van der Waals surface area contributed by atoms with Gasteiger partial charge in [0, 0.05) is 12.6 Å². The maximum Gasteiger partial charge on any atom is 0.153 e. The lowest BCUT2D eigenvalue weighted by molar-refractivity contribution is 0.214. The lowest BCUT2D eigenvalue weighted by Gasteiger charge is -2.28. The van der Waals surface area contributed by atoms with Crippen LogP contribution in [0.4, 0.5) is 0 Å². The van der Waals surface area contributed by atoms with E-state index in [2.05, 4.69) is 41.2 Å². The Morgan fingerprint density at radius 2 is 1.95 bits per heavy atom. The van der Waals surface area contributed by atoms with Crippen molar-refractivity contribution in [1.29, 1.82) is 0 Å². The van der Waals surface area contributed by atoms with Gasteiger partial charge in [-0.05, 0) is 25.3 Å². The Hall–Kier alpha value is -1.55. The molecule has 1 aromatic carbocycles. The van der Waals surface area contributed by atoms with Gasteiger partial charge in [-0.1, -0.05) is 47.8 Å². The Bertz CT molecular complexity index is 422. The molecule has 0 aromatic heterocycles. The van der Waals surface area contributed by atoms with Gasteiger partial charge >= 0.3 is 0 Å². The second kappa shape index (κ2) is 6.57. The minimum Gasteiger partial charge on any atom is -0.409 e. The number of amidine groups is 1. The largest absolute Gasteiger partial charge is 0.409 e. The fourth-order valence-electron chi connectivity index (χ4n) is 2.75. The zero-order chi connectivity index (χ0) is 13.7. The van der Waals surface area contributed by atoms with E-state index in [-0.39, 0.29) is 0 Å². The van der Waals surface area contributed by atoms with Crippen LogP contribution in [0.2, 0.25) is 0 Å². The first kappa shape index (κ1) is 13.9. The van der Waals surface area contributed by atoms with Gasteiger partial charge in [-0.15, -0.1) is 0 Å². The third-order valence-electron chi connectivity index (χ3n) is 3.84. The maximum absolute atomic E-state index is 8.77. The van der Waals surface area contributed by atoms with Crippen molar-refractivity contribution in [2.24, 2.45) is 10.9 Å². The Morgan fingerprint density at radius 3 is 2.53 bits per heavy atom. The van der Waals surface area contributed by atoms with Crippen molar-refractivity contribution in [3.63, 3.8) is 0 Å². The van der Waals surface area contributed by atoms with Crippen molar-refractivity contribution in [3.05, 3.63) is 35.4 Å². The summed E-state index contributed by atoms with van der Waals surface area (Å²) in [6.45, 7) is 3.49. The first-order chi connectivity index (χ1) is 9.19. The summed E-state index contributed by atoms with van der Waals surface area (Å²) in [5.41, 5.74) is 8.23.